The summed E-state index contributed by atoms with van der Waals surface area (Å²) < 4.78 is 30.8. The van der Waals surface area contributed by atoms with Crippen LogP contribution in [-0.2, 0) is 14.2 Å². The zero-order valence-corrected chi connectivity index (χ0v) is 23.7. The summed E-state index contributed by atoms with van der Waals surface area (Å²) in [6.07, 6.45) is 1.66. The Kier molecular flexibility index (Phi) is 11.7. The maximum Gasteiger partial charge on any atom is 0.119 e. The van der Waals surface area contributed by atoms with E-state index >= 15 is 0 Å². The van der Waals surface area contributed by atoms with Gasteiger partial charge in [-0.2, -0.15) is 0 Å². The van der Waals surface area contributed by atoms with Crippen molar-refractivity contribution in [3.63, 3.8) is 0 Å². The van der Waals surface area contributed by atoms with Gasteiger partial charge in [0, 0.05) is 13.0 Å². The molecule has 0 heterocycles. The number of hydrogen-bond acceptors (Lipinski definition) is 5. The molecule has 0 saturated heterocycles. The lowest BCUT2D eigenvalue weighted by Crippen LogP contribution is -2.48. The quantitative estimate of drug-likeness (QED) is 0.213. The molecule has 0 spiro atoms. The first-order valence-electron chi connectivity index (χ1n) is 13.2. The van der Waals surface area contributed by atoms with Crippen LogP contribution >= 0.6 is 0 Å². The van der Waals surface area contributed by atoms with Crippen LogP contribution in [0.5, 0.6) is 11.5 Å². The predicted octanol–water partition coefficient (Wildman–Crippen LogP) is 7.33. The Morgan fingerprint density at radius 1 is 0.694 bits per heavy atom. The molecule has 0 aliphatic carbocycles. The highest BCUT2D eigenvalue weighted by atomic mass is 16.6. The maximum absolute atomic E-state index is 6.80. The number of rotatable bonds is 17. The molecule has 5 heteroatoms. The SMILES string of the molecule is CC(C)OCCC(C)(C)C(C)(C)OC(COc1ccccc1)CC(C)(C)OCCOc1ccccc1. The molecular formula is C31H48O5. The van der Waals surface area contributed by atoms with E-state index in [2.05, 4.69) is 55.4 Å². The molecule has 0 aliphatic rings. The second-order valence-corrected chi connectivity index (χ2v) is 11.4. The lowest BCUT2D eigenvalue weighted by Gasteiger charge is -2.45. The van der Waals surface area contributed by atoms with Crippen molar-refractivity contribution < 1.29 is 23.7 Å². The van der Waals surface area contributed by atoms with E-state index in [9.17, 15) is 0 Å². The number of ether oxygens (including phenoxy) is 5. The standard InChI is InChI=1S/C31H48O5/c1-25(2)32-20-19-29(3,4)31(7,8)36-28(24-34-27-17-13-10-14-18-27)23-30(5,6)35-22-21-33-26-15-11-9-12-16-26/h9-18,25,28H,19-24H2,1-8H3. The molecule has 0 aromatic heterocycles. The fourth-order valence-corrected chi connectivity index (χ4v) is 3.87. The van der Waals surface area contributed by atoms with Gasteiger partial charge in [0.15, 0.2) is 0 Å². The van der Waals surface area contributed by atoms with Crippen LogP contribution in [-0.4, -0.2) is 49.8 Å². The Bertz CT molecular complexity index is 846. The zero-order chi connectivity index (χ0) is 26.7. The van der Waals surface area contributed by atoms with Crippen molar-refractivity contribution in [1.82, 2.24) is 0 Å². The number of hydrogen-bond donors (Lipinski definition) is 0. The molecule has 0 amide bonds. The molecular weight excluding hydrogens is 452 g/mol. The fourth-order valence-electron chi connectivity index (χ4n) is 3.87. The van der Waals surface area contributed by atoms with E-state index in [0.29, 0.717) is 32.8 Å². The highest BCUT2D eigenvalue weighted by Crippen LogP contribution is 2.39. The van der Waals surface area contributed by atoms with Gasteiger partial charge in [0.25, 0.3) is 0 Å². The van der Waals surface area contributed by atoms with E-state index < -0.39 is 11.2 Å². The smallest absolute Gasteiger partial charge is 0.119 e. The van der Waals surface area contributed by atoms with Crippen LogP contribution in [0, 0.1) is 5.41 Å². The second kappa shape index (κ2) is 14.0. The molecule has 36 heavy (non-hydrogen) atoms. The van der Waals surface area contributed by atoms with Crippen molar-refractivity contribution in [1.29, 1.82) is 0 Å². The molecule has 0 bridgehead atoms. The van der Waals surface area contributed by atoms with Crippen LogP contribution in [0.4, 0.5) is 0 Å². The summed E-state index contributed by atoms with van der Waals surface area (Å²) in [5.41, 5.74) is -0.905. The van der Waals surface area contributed by atoms with Gasteiger partial charge < -0.3 is 23.7 Å². The van der Waals surface area contributed by atoms with Crippen molar-refractivity contribution in [3.8, 4) is 11.5 Å². The van der Waals surface area contributed by atoms with Gasteiger partial charge in [-0.15, -0.1) is 0 Å². The normalized spacial score (nSPS) is 13.6. The number of benzene rings is 2. The molecule has 2 aromatic carbocycles. The molecule has 0 fully saturated rings. The molecule has 202 valence electrons. The summed E-state index contributed by atoms with van der Waals surface area (Å²) in [6.45, 7) is 19.3. The largest absolute Gasteiger partial charge is 0.491 e. The van der Waals surface area contributed by atoms with Crippen LogP contribution in [0.25, 0.3) is 0 Å². The van der Waals surface area contributed by atoms with E-state index in [0.717, 1.165) is 17.9 Å². The van der Waals surface area contributed by atoms with Crippen molar-refractivity contribution >= 4 is 0 Å². The van der Waals surface area contributed by atoms with Gasteiger partial charge in [0.1, 0.15) is 24.7 Å². The molecule has 5 nitrogen and oxygen atoms in total. The zero-order valence-electron chi connectivity index (χ0n) is 23.7. The van der Waals surface area contributed by atoms with E-state index in [1.807, 2.05) is 60.7 Å². The summed E-state index contributed by atoms with van der Waals surface area (Å²) in [5, 5.41) is 0. The van der Waals surface area contributed by atoms with E-state index in [4.69, 9.17) is 23.7 Å². The van der Waals surface area contributed by atoms with E-state index in [-0.39, 0.29) is 17.6 Å². The van der Waals surface area contributed by atoms with Crippen LogP contribution in [0.1, 0.15) is 68.2 Å². The Labute approximate surface area is 219 Å². The van der Waals surface area contributed by atoms with Gasteiger partial charge in [-0.05, 0) is 77.6 Å². The van der Waals surface area contributed by atoms with E-state index in [1.54, 1.807) is 0 Å². The van der Waals surface area contributed by atoms with Gasteiger partial charge >= 0.3 is 0 Å². The molecule has 1 unspecified atom stereocenters. The van der Waals surface area contributed by atoms with Crippen LogP contribution in [0.3, 0.4) is 0 Å². The summed E-state index contributed by atoms with van der Waals surface area (Å²) >= 11 is 0. The van der Waals surface area contributed by atoms with E-state index in [1.165, 1.54) is 0 Å². The Hall–Kier alpha value is -2.08. The summed E-state index contributed by atoms with van der Waals surface area (Å²) in [4.78, 5) is 0. The molecule has 1 atom stereocenters. The van der Waals surface area contributed by atoms with Crippen molar-refractivity contribution in [2.45, 2.75) is 91.6 Å². The fraction of sp³-hybridized carbons (Fsp3) is 0.613. The third-order valence-corrected chi connectivity index (χ3v) is 6.76. The van der Waals surface area contributed by atoms with Gasteiger partial charge in [-0.1, -0.05) is 50.2 Å². The minimum atomic E-state index is -0.411. The van der Waals surface area contributed by atoms with Gasteiger partial charge in [0.2, 0.25) is 0 Å². The Morgan fingerprint density at radius 2 is 1.25 bits per heavy atom. The molecule has 0 aliphatic heterocycles. The van der Waals surface area contributed by atoms with Crippen LogP contribution < -0.4 is 9.47 Å². The average Bonchev–Trinajstić information content (AvgIpc) is 2.81. The average molecular weight is 501 g/mol. The monoisotopic (exact) mass is 500 g/mol. The first-order valence-corrected chi connectivity index (χ1v) is 13.2. The summed E-state index contributed by atoms with van der Waals surface area (Å²) in [5.74, 6) is 1.69. The third kappa shape index (κ3) is 10.9. The molecule has 2 aromatic rings. The minimum absolute atomic E-state index is 0.0958. The predicted molar refractivity (Wildman–Crippen MR) is 147 cm³/mol. The Morgan fingerprint density at radius 3 is 1.81 bits per heavy atom. The van der Waals surface area contributed by atoms with Crippen LogP contribution in [0.15, 0.2) is 60.7 Å². The minimum Gasteiger partial charge on any atom is -0.491 e. The second-order valence-electron chi connectivity index (χ2n) is 11.4. The number of para-hydroxylation sites is 2. The molecule has 0 radical (unpaired) electrons. The molecule has 0 saturated carbocycles. The van der Waals surface area contributed by atoms with Crippen molar-refractivity contribution in [2.75, 3.05) is 26.4 Å². The maximum atomic E-state index is 6.80. The van der Waals surface area contributed by atoms with Crippen molar-refractivity contribution in [3.05, 3.63) is 60.7 Å². The first-order chi connectivity index (χ1) is 16.9. The highest BCUT2D eigenvalue weighted by Gasteiger charge is 2.41. The van der Waals surface area contributed by atoms with Gasteiger partial charge in [0.05, 0.1) is 30.0 Å². The van der Waals surface area contributed by atoms with Gasteiger partial charge in [-0.25, -0.2) is 0 Å². The third-order valence-electron chi connectivity index (χ3n) is 6.76. The topological polar surface area (TPSA) is 46.2 Å². The summed E-state index contributed by atoms with van der Waals surface area (Å²) in [6, 6.07) is 19.7. The molecule has 2 rings (SSSR count). The van der Waals surface area contributed by atoms with Crippen molar-refractivity contribution in [2.24, 2.45) is 5.41 Å². The lowest BCUT2D eigenvalue weighted by molar-refractivity contribution is -0.171. The van der Waals surface area contributed by atoms with Crippen LogP contribution in [0.2, 0.25) is 0 Å². The first kappa shape index (κ1) is 30.1. The van der Waals surface area contributed by atoms with Gasteiger partial charge in [-0.3, -0.25) is 0 Å². The molecule has 0 N–H and O–H groups in total. The summed E-state index contributed by atoms with van der Waals surface area (Å²) in [7, 11) is 0. The lowest BCUT2D eigenvalue weighted by atomic mass is 9.74. The Balaban J connectivity index is 2.00. The highest BCUT2D eigenvalue weighted by molar-refractivity contribution is 5.21.